The molecule has 2 rings (SSSR count). The third-order valence-corrected chi connectivity index (χ3v) is 2.78. The van der Waals surface area contributed by atoms with E-state index < -0.39 is 0 Å². The van der Waals surface area contributed by atoms with Crippen LogP contribution in [0.1, 0.15) is 11.1 Å². The summed E-state index contributed by atoms with van der Waals surface area (Å²) in [5.41, 5.74) is 8.67. The molecule has 1 aliphatic rings. The molecule has 1 fully saturated rings. The normalized spacial score (nSPS) is 20.1. The van der Waals surface area contributed by atoms with E-state index in [4.69, 9.17) is 10.5 Å². The van der Waals surface area contributed by atoms with Gasteiger partial charge in [0.05, 0.1) is 12.2 Å². The van der Waals surface area contributed by atoms with Gasteiger partial charge in [-0.05, 0) is 25.5 Å². The minimum absolute atomic E-state index is 0.187. The van der Waals surface area contributed by atoms with Crippen LogP contribution in [0.3, 0.4) is 0 Å². The smallest absolute Gasteiger partial charge is 0.414 e. The number of benzene rings is 1. The van der Waals surface area contributed by atoms with E-state index in [0.717, 1.165) is 11.3 Å². The number of hydrogen-bond donors (Lipinski definition) is 1. The number of carbonyl (C=O) groups excluding carboxylic acids is 1. The van der Waals surface area contributed by atoms with Gasteiger partial charge in [-0.1, -0.05) is 17.7 Å². The molecule has 4 nitrogen and oxygen atoms in total. The van der Waals surface area contributed by atoms with Gasteiger partial charge < -0.3 is 10.5 Å². The average Bonchev–Trinajstić information content (AvgIpc) is 2.60. The summed E-state index contributed by atoms with van der Waals surface area (Å²) in [4.78, 5) is 13.3. The van der Waals surface area contributed by atoms with Crippen LogP contribution in [0.4, 0.5) is 10.5 Å². The van der Waals surface area contributed by atoms with Crippen LogP contribution >= 0.6 is 0 Å². The van der Waals surface area contributed by atoms with Crippen LogP contribution in [0.5, 0.6) is 0 Å². The topological polar surface area (TPSA) is 55.6 Å². The van der Waals surface area contributed by atoms with Gasteiger partial charge in [-0.3, -0.25) is 4.90 Å². The summed E-state index contributed by atoms with van der Waals surface area (Å²) in [6.07, 6.45) is -0.490. The highest BCUT2D eigenvalue weighted by Gasteiger charge is 2.31. The molecule has 0 bridgehead atoms. The molecule has 0 spiro atoms. The molecule has 1 amide bonds. The number of aryl methyl sites for hydroxylation is 2. The Morgan fingerprint density at radius 1 is 1.50 bits per heavy atom. The first-order valence-corrected chi connectivity index (χ1v) is 5.37. The molecule has 2 N–H and O–H groups in total. The van der Waals surface area contributed by atoms with Crippen molar-refractivity contribution in [3.63, 3.8) is 0 Å². The molecule has 16 heavy (non-hydrogen) atoms. The third kappa shape index (κ3) is 1.88. The lowest BCUT2D eigenvalue weighted by Gasteiger charge is -2.16. The Hall–Kier alpha value is -1.55. The molecule has 0 aliphatic carbocycles. The van der Waals surface area contributed by atoms with Gasteiger partial charge in [0.25, 0.3) is 0 Å². The van der Waals surface area contributed by atoms with Gasteiger partial charge in [0.2, 0.25) is 0 Å². The zero-order valence-electron chi connectivity index (χ0n) is 9.56. The highest BCUT2D eigenvalue weighted by molar-refractivity contribution is 5.90. The first-order valence-electron chi connectivity index (χ1n) is 5.37. The number of carbonyl (C=O) groups is 1. The molecule has 86 valence electrons. The van der Waals surface area contributed by atoms with Crippen molar-refractivity contribution in [2.24, 2.45) is 5.73 Å². The van der Waals surface area contributed by atoms with E-state index in [2.05, 4.69) is 6.07 Å². The molecule has 1 atom stereocenters. The second-order valence-corrected chi connectivity index (χ2v) is 4.14. The monoisotopic (exact) mass is 220 g/mol. The summed E-state index contributed by atoms with van der Waals surface area (Å²) in [6, 6.07) is 5.99. The predicted octanol–water partition coefficient (Wildman–Crippen LogP) is 1.59. The van der Waals surface area contributed by atoms with Crippen LogP contribution in [0, 0.1) is 13.8 Å². The molecular formula is C12H16N2O2. The second-order valence-electron chi connectivity index (χ2n) is 4.14. The molecule has 0 aromatic heterocycles. The summed E-state index contributed by atoms with van der Waals surface area (Å²) < 4.78 is 5.12. The van der Waals surface area contributed by atoms with Crippen molar-refractivity contribution in [1.82, 2.24) is 0 Å². The van der Waals surface area contributed by atoms with Gasteiger partial charge in [0.15, 0.2) is 0 Å². The maximum absolute atomic E-state index is 11.6. The number of hydrogen-bond acceptors (Lipinski definition) is 3. The molecule has 1 aromatic carbocycles. The number of nitrogens with zero attached hydrogens (tertiary/aromatic N) is 1. The Kier molecular flexibility index (Phi) is 2.83. The standard InChI is InChI=1S/C12H16N2O2/c1-8-3-4-11(9(2)5-8)14-7-10(6-13)16-12(14)15/h3-5,10H,6-7,13H2,1-2H3. The van der Waals surface area contributed by atoms with Gasteiger partial charge >= 0.3 is 6.09 Å². The van der Waals surface area contributed by atoms with Crippen molar-refractivity contribution in [1.29, 1.82) is 0 Å². The van der Waals surface area contributed by atoms with Crippen molar-refractivity contribution in [2.45, 2.75) is 20.0 Å². The minimum atomic E-state index is -0.303. The predicted molar refractivity (Wildman–Crippen MR) is 62.6 cm³/mol. The Balaban J connectivity index is 2.28. The highest BCUT2D eigenvalue weighted by atomic mass is 16.6. The first-order chi connectivity index (χ1) is 7.61. The number of anilines is 1. The van der Waals surface area contributed by atoms with E-state index in [-0.39, 0.29) is 12.2 Å². The minimum Gasteiger partial charge on any atom is -0.443 e. The van der Waals surface area contributed by atoms with Crippen LogP contribution < -0.4 is 10.6 Å². The second kappa shape index (κ2) is 4.14. The number of amides is 1. The lowest BCUT2D eigenvalue weighted by atomic mass is 10.1. The molecule has 4 heteroatoms. The SMILES string of the molecule is Cc1ccc(N2CC(CN)OC2=O)c(C)c1. The quantitative estimate of drug-likeness (QED) is 0.823. The number of rotatable bonds is 2. The van der Waals surface area contributed by atoms with Crippen molar-refractivity contribution in [3.05, 3.63) is 29.3 Å². The van der Waals surface area contributed by atoms with E-state index >= 15 is 0 Å². The molecule has 1 aliphatic heterocycles. The molecule has 0 radical (unpaired) electrons. The number of ether oxygens (including phenoxy) is 1. The molecule has 1 unspecified atom stereocenters. The van der Waals surface area contributed by atoms with E-state index in [9.17, 15) is 4.79 Å². The van der Waals surface area contributed by atoms with Gasteiger partial charge in [-0.25, -0.2) is 4.79 Å². The first kappa shape index (κ1) is 11.0. The summed E-state index contributed by atoms with van der Waals surface area (Å²) in [5.74, 6) is 0. The van der Waals surface area contributed by atoms with Gasteiger partial charge in [-0.15, -0.1) is 0 Å². The van der Waals surface area contributed by atoms with Crippen LogP contribution in [-0.4, -0.2) is 25.3 Å². The van der Waals surface area contributed by atoms with Crippen LogP contribution in [0.15, 0.2) is 18.2 Å². The summed E-state index contributed by atoms with van der Waals surface area (Å²) >= 11 is 0. The van der Waals surface area contributed by atoms with Crippen molar-refractivity contribution >= 4 is 11.8 Å². The largest absolute Gasteiger partial charge is 0.443 e. The highest BCUT2D eigenvalue weighted by Crippen LogP contribution is 2.25. The third-order valence-electron chi connectivity index (χ3n) is 2.78. The summed E-state index contributed by atoms with van der Waals surface area (Å²) in [7, 11) is 0. The van der Waals surface area contributed by atoms with E-state index in [1.165, 1.54) is 5.56 Å². The molecule has 0 saturated carbocycles. The average molecular weight is 220 g/mol. The lowest BCUT2D eigenvalue weighted by molar-refractivity contribution is 0.145. The summed E-state index contributed by atoms with van der Waals surface area (Å²) in [5, 5.41) is 0. The Morgan fingerprint density at radius 3 is 2.81 bits per heavy atom. The molecular weight excluding hydrogens is 204 g/mol. The fourth-order valence-electron chi connectivity index (χ4n) is 1.95. The molecule has 1 aromatic rings. The van der Waals surface area contributed by atoms with E-state index in [1.54, 1.807) is 4.90 Å². The summed E-state index contributed by atoms with van der Waals surface area (Å²) in [6.45, 7) is 4.93. The van der Waals surface area contributed by atoms with Crippen LogP contribution in [0.25, 0.3) is 0 Å². The fraction of sp³-hybridized carbons (Fsp3) is 0.417. The van der Waals surface area contributed by atoms with Crippen molar-refractivity contribution in [3.8, 4) is 0 Å². The van der Waals surface area contributed by atoms with Crippen LogP contribution in [0.2, 0.25) is 0 Å². The zero-order valence-corrected chi connectivity index (χ0v) is 9.56. The molecule has 1 heterocycles. The van der Waals surface area contributed by atoms with Gasteiger partial charge in [0, 0.05) is 6.54 Å². The number of nitrogens with two attached hydrogens (primary N) is 1. The maximum atomic E-state index is 11.6. The van der Waals surface area contributed by atoms with E-state index in [0.29, 0.717) is 13.1 Å². The van der Waals surface area contributed by atoms with Gasteiger partial charge in [-0.2, -0.15) is 0 Å². The molecule has 1 saturated heterocycles. The van der Waals surface area contributed by atoms with Crippen LogP contribution in [-0.2, 0) is 4.74 Å². The maximum Gasteiger partial charge on any atom is 0.414 e. The van der Waals surface area contributed by atoms with Crippen molar-refractivity contribution < 1.29 is 9.53 Å². The van der Waals surface area contributed by atoms with Gasteiger partial charge in [0.1, 0.15) is 6.10 Å². The Bertz CT molecular complexity index is 417. The number of cyclic esters (lactones) is 1. The fourth-order valence-corrected chi connectivity index (χ4v) is 1.95. The lowest BCUT2D eigenvalue weighted by Crippen LogP contribution is -2.27. The Labute approximate surface area is 95.0 Å². The van der Waals surface area contributed by atoms with Crippen molar-refractivity contribution in [2.75, 3.05) is 18.0 Å². The Morgan fingerprint density at radius 2 is 2.25 bits per heavy atom. The zero-order chi connectivity index (χ0) is 11.7. The van der Waals surface area contributed by atoms with E-state index in [1.807, 2.05) is 26.0 Å².